The van der Waals surface area contributed by atoms with Gasteiger partial charge in [0.2, 0.25) is 6.71 Å². The third-order valence-electron chi connectivity index (χ3n) is 17.8. The van der Waals surface area contributed by atoms with Gasteiger partial charge in [0.15, 0.2) is 0 Å². The Morgan fingerprint density at radius 3 is 1.22 bits per heavy atom. The third kappa shape index (κ3) is 7.85. The molecule has 9 heteroatoms. The summed E-state index contributed by atoms with van der Waals surface area (Å²) >= 11 is 0. The normalized spacial score (nSPS) is 14.8. The molecule has 404 valence electrons. The summed E-state index contributed by atoms with van der Waals surface area (Å²) in [5.74, 6) is -0.179. The van der Waals surface area contributed by atoms with E-state index in [2.05, 4.69) is 362 Å². The molecule has 0 saturated carbocycles. The molecule has 0 aromatic heterocycles. The highest BCUT2D eigenvalue weighted by molar-refractivity contribution is 7.01. The Hall–Kier alpha value is -11.2. The van der Waals surface area contributed by atoms with E-state index in [1.54, 1.807) is 0 Å². The van der Waals surface area contributed by atoms with Crippen LogP contribution >= 0.6 is 0 Å². The summed E-state index contributed by atoms with van der Waals surface area (Å²) in [6.45, 7) is -0.246. The minimum Gasteiger partial charge on any atom is -0.313 e. The van der Waals surface area contributed by atoms with Gasteiger partial charge in [0, 0.05) is 80.1 Å². The smallest absolute Gasteiger partial charge is 0.252 e. The number of hydrogen-bond acceptors (Lipinski definition) is 7. The van der Waals surface area contributed by atoms with Crippen molar-refractivity contribution < 1.29 is 0 Å². The van der Waals surface area contributed by atoms with E-state index in [-0.39, 0.29) is 19.4 Å². The Morgan fingerprint density at radius 1 is 0.291 bits per heavy atom. The van der Waals surface area contributed by atoms with E-state index in [9.17, 15) is 0 Å². The van der Waals surface area contributed by atoms with Gasteiger partial charge in [0.05, 0.1) is 28.7 Å². The largest absolute Gasteiger partial charge is 0.313 e. The van der Waals surface area contributed by atoms with Crippen molar-refractivity contribution in [2.75, 3.05) is 29.5 Å². The van der Waals surface area contributed by atoms with Gasteiger partial charge in [-0.25, -0.2) is 0 Å². The fourth-order valence-electron chi connectivity index (χ4n) is 14.3. The maximum atomic E-state index is 2.63. The first kappa shape index (κ1) is 49.5. The second-order valence-electron chi connectivity index (χ2n) is 22.5. The van der Waals surface area contributed by atoms with E-state index in [4.69, 9.17) is 0 Å². The molecule has 0 aliphatic carbocycles. The maximum Gasteiger partial charge on any atom is 0.252 e. The molecule has 0 bridgehead atoms. The molecular weight excluding hydrogens is 1040 g/mol. The number of rotatable bonds is 10. The molecule has 17 rings (SSSR count). The van der Waals surface area contributed by atoms with Gasteiger partial charge in [-0.05, 0) is 161 Å². The summed E-state index contributed by atoms with van der Waals surface area (Å²) in [6, 6.07) is 116. The van der Waals surface area contributed by atoms with Gasteiger partial charge in [0.25, 0.3) is 6.71 Å². The molecule has 5 aliphatic rings. The van der Waals surface area contributed by atoms with Crippen molar-refractivity contribution in [1.82, 2.24) is 5.01 Å². The summed E-state index contributed by atoms with van der Waals surface area (Å²) in [4.78, 5) is 12.5. The number of anilines is 15. The lowest BCUT2D eigenvalue weighted by molar-refractivity contribution is 0.361. The Labute approximate surface area is 502 Å². The summed E-state index contributed by atoms with van der Waals surface area (Å²) < 4.78 is 0. The van der Waals surface area contributed by atoms with E-state index in [0.29, 0.717) is 0 Å². The number of nitrogens with zero attached hydrogens (tertiary/aromatic N) is 7. The van der Waals surface area contributed by atoms with Crippen LogP contribution in [0.4, 0.5) is 85.3 Å². The number of hydrogen-bond donors (Lipinski definition) is 0. The highest BCUT2D eigenvalue weighted by Crippen LogP contribution is 2.51. The van der Waals surface area contributed by atoms with Gasteiger partial charge in [0.1, 0.15) is 0 Å². The fraction of sp³-hybridized carbons (Fsp3) is 0.0130. The Bertz CT molecular complexity index is 4500. The van der Waals surface area contributed by atoms with Crippen LogP contribution in [0, 0.1) is 0 Å². The predicted molar refractivity (Wildman–Crippen MR) is 361 cm³/mol. The highest BCUT2D eigenvalue weighted by Gasteiger charge is 2.54. The molecule has 12 aromatic rings. The number of benzene rings is 12. The minimum absolute atomic E-state index is 0.101. The van der Waals surface area contributed by atoms with E-state index in [1.807, 2.05) is 0 Å². The lowest BCUT2D eigenvalue weighted by Gasteiger charge is -2.56. The van der Waals surface area contributed by atoms with Crippen LogP contribution < -0.4 is 56.8 Å². The van der Waals surface area contributed by atoms with Gasteiger partial charge in [-0.3, -0.25) is 10.0 Å². The molecule has 0 amide bonds. The topological polar surface area (TPSA) is 22.7 Å². The first-order chi connectivity index (χ1) is 42.7. The zero-order valence-corrected chi connectivity index (χ0v) is 47.0. The van der Waals surface area contributed by atoms with Gasteiger partial charge >= 0.3 is 0 Å². The molecule has 1 unspecified atom stereocenters. The molecule has 0 N–H and O–H groups in total. The quantitative estimate of drug-likeness (QED) is 0.126. The Balaban J connectivity index is 0.985. The molecular formula is C77H55B2N7. The molecule has 7 nitrogen and oxygen atoms in total. The summed E-state index contributed by atoms with van der Waals surface area (Å²) in [7, 11) is 0. The zero-order chi connectivity index (χ0) is 56.7. The van der Waals surface area contributed by atoms with Crippen molar-refractivity contribution >= 4 is 126 Å². The SMILES string of the molecule is C1=C(N(c2ccccc2)c2ccccc2)C=C2C3B(c4cc5c(cc4N2c2ccccc2)N(c2ccccc2)c2cc(N(c4ccccc4)c4ccccc4)cc4c2B5c2ccccc2N4c2ccccc2)c2ccccc2N(c2ccccc2)N13. The van der Waals surface area contributed by atoms with E-state index in [0.717, 1.165) is 91.0 Å². The number of para-hydroxylation sites is 10. The van der Waals surface area contributed by atoms with Crippen LogP contribution in [0.5, 0.6) is 0 Å². The van der Waals surface area contributed by atoms with Crippen LogP contribution in [0.2, 0.25) is 0 Å². The van der Waals surface area contributed by atoms with E-state index in [1.165, 1.54) is 33.0 Å². The average molecular weight is 1100 g/mol. The van der Waals surface area contributed by atoms with Gasteiger partial charge < -0.3 is 24.5 Å². The molecule has 0 radical (unpaired) electrons. The van der Waals surface area contributed by atoms with Gasteiger partial charge in [-0.1, -0.05) is 188 Å². The average Bonchev–Trinajstić information content (AvgIpc) is 0.703. The summed E-state index contributed by atoms with van der Waals surface area (Å²) in [5.41, 5.74) is 25.1. The molecule has 86 heavy (non-hydrogen) atoms. The zero-order valence-electron chi connectivity index (χ0n) is 47.0. The second-order valence-corrected chi connectivity index (χ2v) is 22.5. The van der Waals surface area contributed by atoms with Gasteiger partial charge in [-0.15, -0.1) is 0 Å². The molecule has 1 atom stereocenters. The van der Waals surface area contributed by atoms with Crippen LogP contribution in [0.15, 0.2) is 339 Å². The summed E-state index contributed by atoms with van der Waals surface area (Å²) in [5, 5.41) is 5.01. The van der Waals surface area contributed by atoms with Crippen molar-refractivity contribution in [3.8, 4) is 0 Å². The predicted octanol–water partition coefficient (Wildman–Crippen LogP) is 15.9. The number of fused-ring (bicyclic) bond motifs is 8. The standard InChI is InChI=1S/C77H55B2N7/c1-9-29-55(30-10-1)81(56-31-11-2-12-32-56)63-49-73-76-74(50-63)84(60-39-19-6-20-40-60)71-53-72-68(52-67(71)78(76)65-45-25-27-47-69(65)83(73)59-37-17-5-18-38-59)79-66-46-26-28-48-70(66)86(62-43-23-8-24-44-62)80-54-64(51-75(77(79)80)85(72)61-41-21-7-22-42-61)82(57-33-13-3-14-34-57)58-35-15-4-16-36-58/h1-54,77H. The van der Waals surface area contributed by atoms with Crippen molar-refractivity contribution in [3.05, 3.63) is 339 Å². The van der Waals surface area contributed by atoms with Crippen LogP contribution in [0.25, 0.3) is 0 Å². The van der Waals surface area contributed by atoms with Crippen molar-refractivity contribution in [1.29, 1.82) is 0 Å². The van der Waals surface area contributed by atoms with Crippen molar-refractivity contribution in [3.63, 3.8) is 0 Å². The first-order valence-electron chi connectivity index (χ1n) is 29.7. The highest BCUT2D eigenvalue weighted by atomic mass is 15.6. The molecule has 5 aliphatic heterocycles. The Kier molecular flexibility index (Phi) is 11.7. The van der Waals surface area contributed by atoms with E-state index < -0.39 is 0 Å². The molecule has 5 heterocycles. The molecule has 12 aromatic carbocycles. The van der Waals surface area contributed by atoms with Crippen molar-refractivity contribution in [2.24, 2.45) is 0 Å². The maximum absolute atomic E-state index is 2.63. The van der Waals surface area contributed by atoms with Crippen LogP contribution in [-0.4, -0.2) is 24.4 Å². The second kappa shape index (κ2) is 20.3. The number of hydrazine groups is 1. The fourth-order valence-corrected chi connectivity index (χ4v) is 14.3. The monoisotopic (exact) mass is 1100 g/mol. The third-order valence-corrected chi connectivity index (χ3v) is 17.8. The van der Waals surface area contributed by atoms with Crippen molar-refractivity contribution in [2.45, 2.75) is 5.94 Å². The Morgan fingerprint density at radius 2 is 0.698 bits per heavy atom. The lowest BCUT2D eigenvalue weighted by atomic mass is 9.29. The van der Waals surface area contributed by atoms with E-state index >= 15 is 0 Å². The minimum atomic E-state index is -0.179. The van der Waals surface area contributed by atoms with Gasteiger partial charge in [-0.2, -0.15) is 0 Å². The van der Waals surface area contributed by atoms with Crippen LogP contribution in [0.1, 0.15) is 0 Å². The van der Waals surface area contributed by atoms with Crippen LogP contribution in [-0.2, 0) is 0 Å². The summed E-state index contributed by atoms with van der Waals surface area (Å²) in [6.07, 6.45) is 4.87. The molecule has 0 spiro atoms. The first-order valence-corrected chi connectivity index (χ1v) is 29.7. The molecule has 0 saturated heterocycles. The number of allylic oxidation sites excluding steroid dienone is 1. The molecule has 0 fully saturated rings. The lowest BCUT2D eigenvalue weighted by Crippen LogP contribution is -2.71. The van der Waals surface area contributed by atoms with Crippen LogP contribution in [0.3, 0.4) is 0 Å².